The first-order valence-electron chi connectivity index (χ1n) is 11.5. The van der Waals surface area contributed by atoms with Gasteiger partial charge in [0.05, 0.1) is 13.2 Å². The second-order valence-electron chi connectivity index (χ2n) is 8.46. The number of likely N-dealkylation sites (tertiary alicyclic amines) is 1. The summed E-state index contributed by atoms with van der Waals surface area (Å²) in [7, 11) is 0. The van der Waals surface area contributed by atoms with Crippen LogP contribution in [0.3, 0.4) is 0 Å². The third kappa shape index (κ3) is 6.68. The van der Waals surface area contributed by atoms with Crippen LogP contribution in [0.25, 0.3) is 0 Å². The Bertz CT molecular complexity index is 919. The van der Waals surface area contributed by atoms with Gasteiger partial charge in [-0.3, -0.25) is 14.3 Å². The number of rotatable bonds is 8. The third-order valence-corrected chi connectivity index (χ3v) is 6.38. The number of amides is 2. The molecule has 0 aliphatic carbocycles. The Balaban J connectivity index is 1.38. The molecule has 0 saturated carbocycles. The van der Waals surface area contributed by atoms with Gasteiger partial charge in [0.25, 0.3) is 0 Å². The molecule has 0 radical (unpaired) electrons. The highest BCUT2D eigenvalue weighted by molar-refractivity contribution is 6.30. The van der Waals surface area contributed by atoms with Crippen molar-refractivity contribution in [1.82, 2.24) is 24.6 Å². The standard InChI is InChI=1S/C23H30ClN5O4/c24-19-3-1-4-20(14-19)33-21-6-8-28(22(30)5-2-7-29-17-25-16-26-29)15-18(21)13-23(31)27-9-11-32-12-10-27/h1,3-4,14,16-18,21H,2,5-13,15H2/t18-,21-/m0/s1. The lowest BCUT2D eigenvalue weighted by atomic mass is 9.90. The van der Waals surface area contributed by atoms with Crippen LogP contribution in [0.4, 0.5) is 0 Å². The van der Waals surface area contributed by atoms with Gasteiger partial charge in [0.2, 0.25) is 11.8 Å². The molecule has 4 rings (SSSR count). The zero-order valence-corrected chi connectivity index (χ0v) is 19.4. The molecule has 2 aliphatic heterocycles. The van der Waals surface area contributed by atoms with Gasteiger partial charge in [-0.1, -0.05) is 17.7 Å². The maximum Gasteiger partial charge on any atom is 0.223 e. The van der Waals surface area contributed by atoms with E-state index < -0.39 is 0 Å². The van der Waals surface area contributed by atoms with Gasteiger partial charge in [0.15, 0.2) is 0 Å². The van der Waals surface area contributed by atoms with Gasteiger partial charge in [-0.25, -0.2) is 4.98 Å². The lowest BCUT2D eigenvalue weighted by molar-refractivity contribution is -0.141. The molecule has 1 aromatic heterocycles. The molecule has 3 heterocycles. The van der Waals surface area contributed by atoms with Crippen molar-refractivity contribution >= 4 is 23.4 Å². The molecule has 0 bridgehead atoms. The van der Waals surface area contributed by atoms with Crippen LogP contribution in [0.2, 0.25) is 5.02 Å². The van der Waals surface area contributed by atoms with Crippen molar-refractivity contribution < 1.29 is 19.1 Å². The van der Waals surface area contributed by atoms with Crippen LogP contribution in [0.5, 0.6) is 5.75 Å². The maximum absolute atomic E-state index is 13.0. The lowest BCUT2D eigenvalue weighted by Gasteiger charge is -2.39. The van der Waals surface area contributed by atoms with Gasteiger partial charge in [-0.15, -0.1) is 0 Å². The van der Waals surface area contributed by atoms with Crippen LogP contribution in [0.1, 0.15) is 25.7 Å². The predicted molar refractivity (Wildman–Crippen MR) is 122 cm³/mol. The number of benzene rings is 1. The molecule has 2 fully saturated rings. The number of carbonyl (C=O) groups excluding carboxylic acids is 2. The molecule has 10 heteroatoms. The smallest absolute Gasteiger partial charge is 0.223 e. The minimum Gasteiger partial charge on any atom is -0.490 e. The Morgan fingerprint density at radius 2 is 2.00 bits per heavy atom. The number of aryl methyl sites for hydroxylation is 1. The molecule has 33 heavy (non-hydrogen) atoms. The summed E-state index contributed by atoms with van der Waals surface area (Å²) in [6.45, 7) is 4.11. The highest BCUT2D eigenvalue weighted by atomic mass is 35.5. The summed E-state index contributed by atoms with van der Waals surface area (Å²) < 4.78 is 13.4. The largest absolute Gasteiger partial charge is 0.490 e. The molecule has 0 spiro atoms. The van der Waals surface area contributed by atoms with Crippen molar-refractivity contribution in [2.45, 2.75) is 38.3 Å². The van der Waals surface area contributed by atoms with Crippen molar-refractivity contribution in [3.63, 3.8) is 0 Å². The zero-order chi connectivity index (χ0) is 23.0. The van der Waals surface area contributed by atoms with E-state index in [4.69, 9.17) is 21.1 Å². The van der Waals surface area contributed by atoms with Crippen molar-refractivity contribution in [1.29, 1.82) is 0 Å². The average Bonchev–Trinajstić information content (AvgIpc) is 3.34. The molecule has 178 valence electrons. The third-order valence-electron chi connectivity index (χ3n) is 6.15. The number of piperidine rings is 1. The fourth-order valence-electron chi connectivity index (χ4n) is 4.37. The summed E-state index contributed by atoms with van der Waals surface area (Å²) >= 11 is 6.12. The second-order valence-corrected chi connectivity index (χ2v) is 8.90. The van der Waals surface area contributed by atoms with Crippen LogP contribution < -0.4 is 4.74 Å². The van der Waals surface area contributed by atoms with Crippen molar-refractivity contribution in [3.05, 3.63) is 41.9 Å². The molecule has 0 unspecified atom stereocenters. The predicted octanol–water partition coefficient (Wildman–Crippen LogP) is 2.26. The number of carbonyl (C=O) groups is 2. The molecule has 2 aromatic rings. The Kier molecular flexibility index (Phi) is 8.17. The van der Waals surface area contributed by atoms with Gasteiger partial charge in [0.1, 0.15) is 24.5 Å². The van der Waals surface area contributed by atoms with Gasteiger partial charge in [-0.2, -0.15) is 5.10 Å². The summed E-state index contributed by atoms with van der Waals surface area (Å²) in [6, 6.07) is 7.30. The van der Waals surface area contributed by atoms with E-state index >= 15 is 0 Å². The van der Waals surface area contributed by atoms with E-state index in [2.05, 4.69) is 10.1 Å². The Morgan fingerprint density at radius 1 is 1.15 bits per heavy atom. The summed E-state index contributed by atoms with van der Waals surface area (Å²) in [5.41, 5.74) is 0. The number of morpholine rings is 1. The van der Waals surface area contributed by atoms with E-state index in [0.29, 0.717) is 82.4 Å². The zero-order valence-electron chi connectivity index (χ0n) is 18.6. The molecule has 9 nitrogen and oxygen atoms in total. The van der Waals surface area contributed by atoms with Gasteiger partial charge < -0.3 is 19.3 Å². The Labute approximate surface area is 198 Å². The maximum atomic E-state index is 13.0. The SMILES string of the molecule is O=C(C[C@H]1CN(C(=O)CCCn2cncn2)CC[C@@H]1Oc1cccc(Cl)c1)N1CCOCC1. The van der Waals surface area contributed by atoms with Gasteiger partial charge >= 0.3 is 0 Å². The lowest BCUT2D eigenvalue weighted by Crippen LogP contribution is -2.50. The summed E-state index contributed by atoms with van der Waals surface area (Å²) in [5, 5.41) is 4.68. The molecule has 2 amide bonds. The van der Waals surface area contributed by atoms with Crippen molar-refractivity contribution in [2.24, 2.45) is 5.92 Å². The highest BCUT2D eigenvalue weighted by Crippen LogP contribution is 2.28. The van der Waals surface area contributed by atoms with Crippen LogP contribution >= 0.6 is 11.6 Å². The fraction of sp³-hybridized carbons (Fsp3) is 0.565. The second kappa shape index (κ2) is 11.5. The highest BCUT2D eigenvalue weighted by Gasteiger charge is 2.35. The minimum atomic E-state index is -0.160. The summed E-state index contributed by atoms with van der Waals surface area (Å²) in [6.07, 6.45) is 5.12. The number of aromatic nitrogens is 3. The van der Waals surface area contributed by atoms with E-state index in [9.17, 15) is 9.59 Å². The van der Waals surface area contributed by atoms with E-state index in [1.165, 1.54) is 6.33 Å². The summed E-state index contributed by atoms with van der Waals surface area (Å²) in [5.74, 6) is 0.778. The summed E-state index contributed by atoms with van der Waals surface area (Å²) in [4.78, 5) is 33.5. The Hall–Kier alpha value is -2.65. The van der Waals surface area contributed by atoms with E-state index in [0.717, 1.165) is 0 Å². The number of hydrogen-bond acceptors (Lipinski definition) is 6. The molecule has 2 aliphatic rings. The number of hydrogen-bond donors (Lipinski definition) is 0. The van der Waals surface area contributed by atoms with Crippen molar-refractivity contribution in [2.75, 3.05) is 39.4 Å². The number of nitrogens with zero attached hydrogens (tertiary/aromatic N) is 5. The van der Waals surface area contributed by atoms with Crippen LogP contribution in [0, 0.1) is 5.92 Å². The fourth-order valence-corrected chi connectivity index (χ4v) is 4.55. The first-order valence-corrected chi connectivity index (χ1v) is 11.8. The molecular weight excluding hydrogens is 446 g/mol. The van der Waals surface area contributed by atoms with E-state index in [1.54, 1.807) is 23.1 Å². The topological polar surface area (TPSA) is 89.8 Å². The average molecular weight is 476 g/mol. The quantitative estimate of drug-likeness (QED) is 0.581. The van der Waals surface area contributed by atoms with Crippen LogP contribution in [-0.4, -0.2) is 81.9 Å². The molecule has 2 atom stereocenters. The first kappa shape index (κ1) is 23.5. The molecule has 0 N–H and O–H groups in total. The first-order chi connectivity index (χ1) is 16.1. The Morgan fingerprint density at radius 3 is 2.76 bits per heavy atom. The van der Waals surface area contributed by atoms with Crippen molar-refractivity contribution in [3.8, 4) is 5.75 Å². The molecule has 1 aromatic carbocycles. The van der Waals surface area contributed by atoms with Gasteiger partial charge in [0, 0.05) is 62.9 Å². The minimum absolute atomic E-state index is 0.0866. The molecule has 2 saturated heterocycles. The molecular formula is C23H30ClN5O4. The van der Waals surface area contributed by atoms with Crippen LogP contribution in [-0.2, 0) is 20.9 Å². The monoisotopic (exact) mass is 475 g/mol. The number of ether oxygens (including phenoxy) is 2. The van der Waals surface area contributed by atoms with Crippen LogP contribution in [0.15, 0.2) is 36.9 Å². The van der Waals surface area contributed by atoms with Gasteiger partial charge in [-0.05, 0) is 24.6 Å². The number of halogens is 1. The van der Waals surface area contributed by atoms with E-state index in [-0.39, 0.29) is 23.8 Å². The normalized spacial score (nSPS) is 21.1. The van der Waals surface area contributed by atoms with E-state index in [1.807, 2.05) is 21.9 Å².